The minimum atomic E-state index is -0.213. The summed E-state index contributed by atoms with van der Waals surface area (Å²) < 4.78 is 12.2. The van der Waals surface area contributed by atoms with Gasteiger partial charge in [0.25, 0.3) is 11.8 Å². The van der Waals surface area contributed by atoms with Crippen molar-refractivity contribution >= 4 is 11.6 Å². The van der Waals surface area contributed by atoms with Crippen LogP contribution in [-0.4, -0.2) is 25.8 Å². The van der Waals surface area contributed by atoms with Crippen molar-refractivity contribution in [1.82, 2.24) is 19.9 Å². The molecule has 0 saturated carbocycles. The quantitative estimate of drug-likeness (QED) is 0.746. The Morgan fingerprint density at radius 2 is 2.12 bits per heavy atom. The van der Waals surface area contributed by atoms with Gasteiger partial charge in [0, 0.05) is 25.4 Å². The minimum Gasteiger partial charge on any atom is -0.484 e. The molecule has 1 amide bonds. The van der Waals surface area contributed by atoms with Crippen LogP contribution in [-0.2, 0) is 20.1 Å². The molecule has 1 N–H and O–H groups in total. The fourth-order valence-corrected chi connectivity index (χ4v) is 2.01. The summed E-state index contributed by atoms with van der Waals surface area (Å²) >= 11 is 0. The summed E-state index contributed by atoms with van der Waals surface area (Å²) in [5, 5.41) is 10.6. The van der Waals surface area contributed by atoms with E-state index in [4.69, 9.17) is 9.26 Å². The zero-order valence-corrected chi connectivity index (χ0v) is 13.4. The number of aromatic nitrogens is 4. The van der Waals surface area contributed by atoms with Gasteiger partial charge >= 0.3 is 0 Å². The van der Waals surface area contributed by atoms with Crippen molar-refractivity contribution in [1.29, 1.82) is 0 Å². The zero-order valence-electron chi connectivity index (χ0n) is 13.4. The predicted molar refractivity (Wildman–Crippen MR) is 85.6 cm³/mol. The van der Waals surface area contributed by atoms with Gasteiger partial charge in [-0.2, -0.15) is 10.1 Å². The first-order valence-electron chi connectivity index (χ1n) is 7.48. The molecule has 0 bridgehead atoms. The Balaban J connectivity index is 1.55. The number of hydrogen-bond donors (Lipinski definition) is 1. The number of hydrogen-bond acceptors (Lipinski definition) is 6. The van der Waals surface area contributed by atoms with E-state index in [1.54, 1.807) is 42.2 Å². The standard InChI is InChI=1S/C16H17N5O3/c1-3-14-19-15(24-20-14)10-23-13-6-4-12(5-7-13)18-16(22)11-8-17-21(2)9-11/h4-9H,3,10H2,1-2H3,(H,18,22). The maximum absolute atomic E-state index is 12.0. The second kappa shape index (κ2) is 6.95. The molecule has 0 aliphatic rings. The van der Waals surface area contributed by atoms with Crippen molar-refractivity contribution in [3.8, 4) is 5.75 Å². The molecule has 0 atom stereocenters. The highest BCUT2D eigenvalue weighted by atomic mass is 16.5. The number of ether oxygens (including phenoxy) is 1. The number of carbonyl (C=O) groups is 1. The van der Waals surface area contributed by atoms with Gasteiger partial charge in [0.15, 0.2) is 12.4 Å². The smallest absolute Gasteiger partial charge is 0.264 e. The van der Waals surface area contributed by atoms with E-state index in [0.717, 1.165) is 6.42 Å². The zero-order chi connectivity index (χ0) is 16.9. The van der Waals surface area contributed by atoms with Gasteiger partial charge < -0.3 is 14.6 Å². The van der Waals surface area contributed by atoms with Crippen LogP contribution in [0.2, 0.25) is 0 Å². The highest BCUT2D eigenvalue weighted by molar-refractivity contribution is 6.03. The van der Waals surface area contributed by atoms with Crippen molar-refractivity contribution < 1.29 is 14.1 Å². The Morgan fingerprint density at radius 3 is 2.75 bits per heavy atom. The molecule has 0 aliphatic carbocycles. The number of nitrogens with one attached hydrogen (secondary N) is 1. The molecular formula is C16H17N5O3. The van der Waals surface area contributed by atoms with Gasteiger partial charge in [0.2, 0.25) is 0 Å². The first-order chi connectivity index (χ1) is 11.6. The lowest BCUT2D eigenvalue weighted by Crippen LogP contribution is -2.10. The Hall–Kier alpha value is -3.16. The van der Waals surface area contributed by atoms with Crippen LogP contribution < -0.4 is 10.1 Å². The Labute approximate surface area is 138 Å². The number of rotatable bonds is 6. The van der Waals surface area contributed by atoms with Crippen molar-refractivity contribution in [3.05, 3.63) is 53.9 Å². The second-order valence-corrected chi connectivity index (χ2v) is 5.13. The van der Waals surface area contributed by atoms with Crippen LogP contribution in [0.25, 0.3) is 0 Å². The number of nitrogens with zero attached hydrogens (tertiary/aromatic N) is 4. The SMILES string of the molecule is CCc1noc(COc2ccc(NC(=O)c3cnn(C)c3)cc2)n1. The van der Waals surface area contributed by atoms with Crippen molar-refractivity contribution in [2.24, 2.45) is 7.05 Å². The van der Waals surface area contributed by atoms with E-state index in [1.165, 1.54) is 6.20 Å². The molecule has 3 aromatic rings. The lowest BCUT2D eigenvalue weighted by Gasteiger charge is -2.06. The maximum atomic E-state index is 12.0. The molecule has 0 fully saturated rings. The van der Waals surface area contributed by atoms with Gasteiger partial charge in [0.05, 0.1) is 11.8 Å². The molecule has 0 aliphatic heterocycles. The molecule has 8 nitrogen and oxygen atoms in total. The molecule has 124 valence electrons. The van der Waals surface area contributed by atoms with Gasteiger partial charge in [-0.3, -0.25) is 9.48 Å². The van der Waals surface area contributed by atoms with Gasteiger partial charge in [-0.05, 0) is 24.3 Å². The molecule has 8 heteroatoms. The molecule has 0 saturated heterocycles. The van der Waals surface area contributed by atoms with Crippen LogP contribution in [0.3, 0.4) is 0 Å². The van der Waals surface area contributed by atoms with E-state index in [2.05, 4.69) is 20.6 Å². The van der Waals surface area contributed by atoms with E-state index < -0.39 is 0 Å². The van der Waals surface area contributed by atoms with Gasteiger partial charge in [-0.15, -0.1) is 0 Å². The maximum Gasteiger partial charge on any atom is 0.264 e. The molecule has 3 rings (SSSR count). The lowest BCUT2D eigenvalue weighted by atomic mass is 10.2. The predicted octanol–water partition coefficient (Wildman–Crippen LogP) is 2.20. The Bertz CT molecular complexity index is 822. The molecule has 0 spiro atoms. The molecule has 2 heterocycles. The van der Waals surface area contributed by atoms with E-state index in [1.807, 2.05) is 6.92 Å². The van der Waals surface area contributed by atoms with Crippen LogP contribution in [0.1, 0.15) is 29.0 Å². The van der Waals surface area contributed by atoms with Crippen molar-refractivity contribution in [3.63, 3.8) is 0 Å². The highest BCUT2D eigenvalue weighted by Crippen LogP contribution is 2.17. The Morgan fingerprint density at radius 1 is 1.33 bits per heavy atom. The number of benzene rings is 1. The van der Waals surface area contributed by atoms with Crippen molar-refractivity contribution in [2.75, 3.05) is 5.32 Å². The molecule has 0 radical (unpaired) electrons. The van der Waals surface area contributed by atoms with Gasteiger partial charge in [-0.25, -0.2) is 0 Å². The Kier molecular flexibility index (Phi) is 4.55. The molecule has 24 heavy (non-hydrogen) atoms. The topological polar surface area (TPSA) is 95.1 Å². The highest BCUT2D eigenvalue weighted by Gasteiger charge is 2.09. The normalized spacial score (nSPS) is 10.6. The summed E-state index contributed by atoms with van der Waals surface area (Å²) in [5.41, 5.74) is 1.17. The van der Waals surface area contributed by atoms with Crippen LogP contribution in [0, 0.1) is 0 Å². The van der Waals surface area contributed by atoms with E-state index >= 15 is 0 Å². The lowest BCUT2D eigenvalue weighted by molar-refractivity contribution is 0.102. The third-order valence-electron chi connectivity index (χ3n) is 3.27. The summed E-state index contributed by atoms with van der Waals surface area (Å²) in [6.07, 6.45) is 3.89. The van der Waals surface area contributed by atoms with Gasteiger partial charge in [-0.1, -0.05) is 12.1 Å². The fraction of sp³-hybridized carbons (Fsp3) is 0.250. The first kappa shape index (κ1) is 15.7. The third kappa shape index (κ3) is 3.78. The van der Waals surface area contributed by atoms with Crippen LogP contribution in [0.15, 0.2) is 41.2 Å². The fourth-order valence-electron chi connectivity index (χ4n) is 2.01. The summed E-state index contributed by atoms with van der Waals surface area (Å²) in [5.74, 6) is 1.52. The third-order valence-corrected chi connectivity index (χ3v) is 3.27. The second-order valence-electron chi connectivity index (χ2n) is 5.13. The largest absolute Gasteiger partial charge is 0.484 e. The van der Waals surface area contributed by atoms with E-state index in [-0.39, 0.29) is 12.5 Å². The monoisotopic (exact) mass is 327 g/mol. The van der Waals surface area contributed by atoms with Crippen LogP contribution in [0.4, 0.5) is 5.69 Å². The summed E-state index contributed by atoms with van der Waals surface area (Å²) in [7, 11) is 1.76. The van der Waals surface area contributed by atoms with E-state index in [0.29, 0.717) is 28.7 Å². The van der Waals surface area contributed by atoms with Gasteiger partial charge in [0.1, 0.15) is 5.75 Å². The molecule has 0 unspecified atom stereocenters. The summed E-state index contributed by atoms with van der Waals surface area (Å²) in [6, 6.07) is 7.04. The van der Waals surface area contributed by atoms with E-state index in [9.17, 15) is 4.79 Å². The summed E-state index contributed by atoms with van der Waals surface area (Å²) in [6.45, 7) is 2.16. The average Bonchev–Trinajstić information content (AvgIpc) is 3.23. The first-order valence-corrected chi connectivity index (χ1v) is 7.48. The molecule has 2 aromatic heterocycles. The number of amides is 1. The number of aryl methyl sites for hydroxylation is 2. The average molecular weight is 327 g/mol. The van der Waals surface area contributed by atoms with Crippen LogP contribution in [0.5, 0.6) is 5.75 Å². The molecular weight excluding hydrogens is 310 g/mol. The number of carbonyl (C=O) groups excluding carboxylic acids is 1. The molecule has 1 aromatic carbocycles. The van der Waals surface area contributed by atoms with Crippen molar-refractivity contribution in [2.45, 2.75) is 20.0 Å². The minimum absolute atomic E-state index is 0.203. The van der Waals surface area contributed by atoms with Crippen LogP contribution >= 0.6 is 0 Å². The number of anilines is 1. The summed E-state index contributed by atoms with van der Waals surface area (Å²) in [4.78, 5) is 16.2.